The van der Waals surface area contributed by atoms with Gasteiger partial charge in [0.1, 0.15) is 0 Å². The SMILES string of the molecule is Clc1cccc2[nH]c(C3C[CH]C3)cc12. The second-order valence-corrected chi connectivity index (χ2v) is 4.29. The molecule has 14 heavy (non-hydrogen) atoms. The van der Waals surface area contributed by atoms with Crippen molar-refractivity contribution in [3.8, 4) is 0 Å². The van der Waals surface area contributed by atoms with Gasteiger partial charge in [0.25, 0.3) is 0 Å². The summed E-state index contributed by atoms with van der Waals surface area (Å²) in [5, 5.41) is 1.99. The van der Waals surface area contributed by atoms with Gasteiger partial charge in [0.2, 0.25) is 0 Å². The average molecular weight is 205 g/mol. The summed E-state index contributed by atoms with van der Waals surface area (Å²) in [6.07, 6.45) is 4.71. The van der Waals surface area contributed by atoms with E-state index in [2.05, 4.69) is 23.5 Å². The molecule has 1 fully saturated rings. The highest BCUT2D eigenvalue weighted by Crippen LogP contribution is 2.37. The third kappa shape index (κ3) is 1.16. The predicted octanol–water partition coefficient (Wildman–Crippen LogP) is 3.90. The van der Waals surface area contributed by atoms with Crippen LogP contribution < -0.4 is 0 Å². The number of nitrogens with one attached hydrogen (secondary N) is 1. The first-order valence-corrected chi connectivity index (χ1v) is 5.31. The van der Waals surface area contributed by atoms with E-state index in [9.17, 15) is 0 Å². The van der Waals surface area contributed by atoms with Gasteiger partial charge in [-0.25, -0.2) is 0 Å². The minimum atomic E-state index is 0.693. The van der Waals surface area contributed by atoms with Crippen LogP contribution in [0.3, 0.4) is 0 Å². The topological polar surface area (TPSA) is 15.8 Å². The molecule has 1 heterocycles. The summed E-state index contributed by atoms with van der Waals surface area (Å²) in [6.45, 7) is 0. The summed E-state index contributed by atoms with van der Waals surface area (Å²) in [7, 11) is 0. The van der Waals surface area contributed by atoms with Crippen molar-refractivity contribution >= 4 is 22.5 Å². The van der Waals surface area contributed by atoms with Gasteiger partial charge in [-0.3, -0.25) is 0 Å². The normalized spacial score (nSPS) is 17.2. The summed E-state index contributed by atoms with van der Waals surface area (Å²) in [5.74, 6) is 0.693. The van der Waals surface area contributed by atoms with Crippen LogP contribution in [0.25, 0.3) is 10.9 Å². The van der Waals surface area contributed by atoms with Gasteiger partial charge in [0, 0.05) is 21.6 Å². The molecule has 2 heteroatoms. The second-order valence-electron chi connectivity index (χ2n) is 3.88. The monoisotopic (exact) mass is 204 g/mol. The molecule has 3 rings (SSSR count). The molecule has 1 aliphatic carbocycles. The quantitative estimate of drug-likeness (QED) is 0.725. The Morgan fingerprint density at radius 2 is 2.14 bits per heavy atom. The van der Waals surface area contributed by atoms with Crippen LogP contribution in [0, 0.1) is 6.42 Å². The highest BCUT2D eigenvalue weighted by Gasteiger charge is 2.21. The van der Waals surface area contributed by atoms with E-state index in [4.69, 9.17) is 11.6 Å². The maximum absolute atomic E-state index is 6.11. The van der Waals surface area contributed by atoms with Gasteiger partial charge < -0.3 is 4.98 Å². The van der Waals surface area contributed by atoms with Crippen molar-refractivity contribution in [1.82, 2.24) is 4.98 Å². The lowest BCUT2D eigenvalue weighted by molar-refractivity contribution is 0.530. The van der Waals surface area contributed by atoms with Crippen LogP contribution in [0.2, 0.25) is 5.02 Å². The number of halogens is 1. The van der Waals surface area contributed by atoms with E-state index in [-0.39, 0.29) is 0 Å². The number of hydrogen-bond acceptors (Lipinski definition) is 0. The predicted molar refractivity (Wildman–Crippen MR) is 59.6 cm³/mol. The zero-order valence-electron chi connectivity index (χ0n) is 7.76. The lowest BCUT2D eigenvalue weighted by Gasteiger charge is -2.23. The van der Waals surface area contributed by atoms with E-state index in [1.54, 1.807) is 0 Å². The molecule has 71 valence electrons. The molecule has 1 radical (unpaired) electrons. The Bertz CT molecular complexity index is 468. The van der Waals surface area contributed by atoms with Crippen molar-refractivity contribution in [1.29, 1.82) is 0 Å². The third-order valence-electron chi connectivity index (χ3n) is 2.97. The lowest BCUT2D eigenvalue weighted by atomic mass is 9.83. The average Bonchev–Trinajstić information content (AvgIpc) is 2.46. The van der Waals surface area contributed by atoms with Crippen LogP contribution in [0.5, 0.6) is 0 Å². The minimum absolute atomic E-state index is 0.693. The van der Waals surface area contributed by atoms with Gasteiger partial charge in [0.15, 0.2) is 0 Å². The number of aromatic nitrogens is 1. The first kappa shape index (κ1) is 8.37. The fraction of sp³-hybridized carbons (Fsp3) is 0.250. The Morgan fingerprint density at radius 3 is 2.79 bits per heavy atom. The Balaban J connectivity index is 2.15. The van der Waals surface area contributed by atoms with E-state index in [0.717, 1.165) is 15.9 Å². The van der Waals surface area contributed by atoms with E-state index in [0.29, 0.717) is 5.92 Å². The largest absolute Gasteiger partial charge is 0.358 e. The fourth-order valence-corrected chi connectivity index (χ4v) is 2.18. The molecule has 2 aromatic rings. The van der Waals surface area contributed by atoms with Crippen molar-refractivity contribution in [2.75, 3.05) is 0 Å². The van der Waals surface area contributed by atoms with Crippen molar-refractivity contribution in [2.45, 2.75) is 18.8 Å². The molecule has 1 saturated carbocycles. The van der Waals surface area contributed by atoms with Crippen LogP contribution in [0.15, 0.2) is 24.3 Å². The fourth-order valence-electron chi connectivity index (χ4n) is 1.95. The van der Waals surface area contributed by atoms with Gasteiger partial charge in [0.05, 0.1) is 0 Å². The molecule has 0 aliphatic heterocycles. The van der Waals surface area contributed by atoms with Gasteiger partial charge in [-0.15, -0.1) is 0 Å². The van der Waals surface area contributed by atoms with Gasteiger partial charge in [-0.05, 0) is 43.4 Å². The molecule has 0 amide bonds. The maximum atomic E-state index is 6.11. The van der Waals surface area contributed by atoms with Gasteiger partial charge >= 0.3 is 0 Å². The Kier molecular flexibility index (Phi) is 1.81. The zero-order valence-corrected chi connectivity index (χ0v) is 8.51. The number of fused-ring (bicyclic) bond motifs is 1. The number of rotatable bonds is 1. The maximum Gasteiger partial charge on any atom is 0.0499 e. The summed E-state index contributed by atoms with van der Waals surface area (Å²) >= 11 is 6.11. The summed E-state index contributed by atoms with van der Waals surface area (Å²) < 4.78 is 0. The Morgan fingerprint density at radius 1 is 1.29 bits per heavy atom. The number of hydrogen-bond donors (Lipinski definition) is 1. The van der Waals surface area contributed by atoms with E-state index < -0.39 is 0 Å². The number of aromatic amines is 1. The summed E-state index contributed by atoms with van der Waals surface area (Å²) in [4.78, 5) is 3.43. The molecule has 1 aliphatic rings. The highest BCUT2D eigenvalue weighted by molar-refractivity contribution is 6.35. The summed E-state index contributed by atoms with van der Waals surface area (Å²) in [6, 6.07) is 8.19. The van der Waals surface area contributed by atoms with Crippen molar-refractivity contribution < 1.29 is 0 Å². The molecule has 1 nitrogen and oxygen atoms in total. The van der Waals surface area contributed by atoms with Crippen LogP contribution >= 0.6 is 11.6 Å². The standard InChI is InChI=1S/C12H11ClN/c13-10-5-2-6-11-9(10)7-12(14-11)8-3-1-4-8/h1-2,5-8,14H,3-4H2. The molecular formula is C12H11ClN. The van der Waals surface area contributed by atoms with E-state index in [1.807, 2.05) is 12.1 Å². The van der Waals surface area contributed by atoms with Gasteiger partial charge in [-0.2, -0.15) is 0 Å². The zero-order chi connectivity index (χ0) is 9.54. The smallest absolute Gasteiger partial charge is 0.0499 e. The molecular weight excluding hydrogens is 194 g/mol. The number of benzene rings is 1. The van der Waals surface area contributed by atoms with Crippen molar-refractivity contribution in [3.63, 3.8) is 0 Å². The molecule has 1 aromatic heterocycles. The molecule has 0 atom stereocenters. The first-order chi connectivity index (χ1) is 6.84. The molecule has 0 unspecified atom stereocenters. The Labute approximate surface area is 88.1 Å². The molecule has 0 saturated heterocycles. The molecule has 1 aromatic carbocycles. The van der Waals surface area contributed by atoms with Gasteiger partial charge in [-0.1, -0.05) is 17.7 Å². The molecule has 1 N–H and O–H groups in total. The first-order valence-electron chi connectivity index (χ1n) is 4.93. The van der Waals surface area contributed by atoms with Crippen LogP contribution in [0.1, 0.15) is 24.5 Å². The highest BCUT2D eigenvalue weighted by atomic mass is 35.5. The number of H-pyrrole nitrogens is 1. The van der Waals surface area contributed by atoms with Crippen molar-refractivity contribution in [3.05, 3.63) is 41.4 Å². The summed E-state index contributed by atoms with van der Waals surface area (Å²) in [5.41, 5.74) is 2.48. The van der Waals surface area contributed by atoms with Crippen molar-refractivity contribution in [2.24, 2.45) is 0 Å². The van der Waals surface area contributed by atoms with Crippen LogP contribution in [0.4, 0.5) is 0 Å². The second kappa shape index (κ2) is 3.03. The lowest BCUT2D eigenvalue weighted by Crippen LogP contribution is -2.09. The minimum Gasteiger partial charge on any atom is -0.358 e. The van der Waals surface area contributed by atoms with Crippen LogP contribution in [-0.4, -0.2) is 4.98 Å². The Hall–Kier alpha value is -0.950. The van der Waals surface area contributed by atoms with E-state index in [1.165, 1.54) is 18.5 Å². The molecule has 0 bridgehead atoms. The third-order valence-corrected chi connectivity index (χ3v) is 3.30. The van der Waals surface area contributed by atoms with E-state index >= 15 is 0 Å². The molecule has 0 spiro atoms. The van der Waals surface area contributed by atoms with Crippen LogP contribution in [-0.2, 0) is 0 Å².